The van der Waals surface area contributed by atoms with Crippen LogP contribution in [0.5, 0.6) is 5.75 Å². The van der Waals surface area contributed by atoms with Crippen molar-refractivity contribution in [2.24, 2.45) is 7.05 Å². The molecule has 0 saturated carbocycles. The number of hydrogen-bond donors (Lipinski definition) is 1. The van der Waals surface area contributed by atoms with Crippen molar-refractivity contribution in [1.82, 2.24) is 15.1 Å². The van der Waals surface area contributed by atoms with Crippen molar-refractivity contribution in [3.8, 4) is 5.75 Å². The fourth-order valence-electron chi connectivity index (χ4n) is 3.03. The van der Waals surface area contributed by atoms with E-state index in [4.69, 9.17) is 4.74 Å². The average Bonchev–Trinajstić information content (AvgIpc) is 3.10. The van der Waals surface area contributed by atoms with Crippen LogP contribution in [0.3, 0.4) is 0 Å². The highest BCUT2D eigenvalue weighted by Crippen LogP contribution is 2.36. The molecule has 1 aromatic carbocycles. The molecule has 0 saturated heterocycles. The normalized spacial score (nSPS) is 14.8. The Kier molecular flexibility index (Phi) is 3.97. The third kappa shape index (κ3) is 2.56. The van der Waals surface area contributed by atoms with E-state index in [2.05, 4.69) is 48.5 Å². The molecule has 3 rings (SSSR count). The lowest BCUT2D eigenvalue weighted by Crippen LogP contribution is -2.24. The molecule has 112 valence electrons. The molecule has 0 radical (unpaired) electrons. The second kappa shape index (κ2) is 5.90. The van der Waals surface area contributed by atoms with Crippen molar-refractivity contribution < 1.29 is 4.74 Å². The number of aryl methyl sites for hydroxylation is 2. The van der Waals surface area contributed by atoms with Crippen molar-refractivity contribution in [3.05, 3.63) is 46.8 Å². The van der Waals surface area contributed by atoms with Crippen LogP contribution in [0.2, 0.25) is 0 Å². The first-order valence-electron chi connectivity index (χ1n) is 7.75. The van der Waals surface area contributed by atoms with Gasteiger partial charge in [-0.25, -0.2) is 0 Å². The van der Waals surface area contributed by atoms with Gasteiger partial charge in [-0.3, -0.25) is 4.68 Å². The number of hydrogen-bond acceptors (Lipinski definition) is 3. The van der Waals surface area contributed by atoms with Gasteiger partial charge in [0.05, 0.1) is 24.0 Å². The number of benzene rings is 1. The minimum Gasteiger partial charge on any atom is -0.493 e. The Morgan fingerprint density at radius 3 is 2.95 bits per heavy atom. The molecule has 0 fully saturated rings. The van der Waals surface area contributed by atoms with Gasteiger partial charge in [-0.2, -0.15) is 5.10 Å². The van der Waals surface area contributed by atoms with E-state index in [1.54, 1.807) is 0 Å². The smallest absolute Gasteiger partial charge is 0.127 e. The molecule has 1 N–H and O–H groups in total. The molecule has 0 spiro atoms. The topological polar surface area (TPSA) is 39.1 Å². The van der Waals surface area contributed by atoms with Gasteiger partial charge in [0.15, 0.2) is 0 Å². The summed E-state index contributed by atoms with van der Waals surface area (Å²) in [4.78, 5) is 0. The molecule has 2 aromatic rings. The summed E-state index contributed by atoms with van der Waals surface area (Å²) in [6, 6.07) is 8.78. The zero-order chi connectivity index (χ0) is 14.8. The van der Waals surface area contributed by atoms with E-state index >= 15 is 0 Å². The Bertz CT molecular complexity index is 633. The Morgan fingerprint density at radius 2 is 2.24 bits per heavy atom. The van der Waals surface area contributed by atoms with Crippen molar-refractivity contribution in [1.29, 1.82) is 0 Å². The fourth-order valence-corrected chi connectivity index (χ4v) is 3.03. The number of fused-ring (bicyclic) bond motifs is 1. The zero-order valence-corrected chi connectivity index (χ0v) is 13.0. The van der Waals surface area contributed by atoms with Crippen LogP contribution in [-0.2, 0) is 19.9 Å². The van der Waals surface area contributed by atoms with Crippen LogP contribution in [0.15, 0.2) is 24.3 Å². The SMILES string of the molecule is CCNC(c1cccc2c1OCC2)c1cc(CC)nn1C. The summed E-state index contributed by atoms with van der Waals surface area (Å²) in [5.74, 6) is 1.06. The predicted octanol–water partition coefficient (Wildman–Crippen LogP) is 2.62. The molecule has 0 aliphatic carbocycles. The first-order valence-corrected chi connectivity index (χ1v) is 7.75. The van der Waals surface area contributed by atoms with Gasteiger partial charge in [0, 0.05) is 19.0 Å². The second-order valence-corrected chi connectivity index (χ2v) is 5.46. The molecule has 21 heavy (non-hydrogen) atoms. The van der Waals surface area contributed by atoms with Crippen LogP contribution in [0, 0.1) is 0 Å². The van der Waals surface area contributed by atoms with Crippen LogP contribution in [0.4, 0.5) is 0 Å². The molecule has 1 aromatic heterocycles. The van der Waals surface area contributed by atoms with Crippen LogP contribution >= 0.6 is 0 Å². The third-order valence-corrected chi connectivity index (χ3v) is 4.09. The molecule has 4 heteroatoms. The molecule has 4 nitrogen and oxygen atoms in total. The summed E-state index contributed by atoms with van der Waals surface area (Å²) in [5, 5.41) is 8.17. The molecule has 2 heterocycles. The van der Waals surface area contributed by atoms with Crippen LogP contribution in [-0.4, -0.2) is 22.9 Å². The standard InChI is InChI=1S/C17H23N3O/c1-4-13-11-15(20(3)19-13)16(18-5-2)14-8-6-7-12-9-10-21-17(12)14/h6-8,11,16,18H,4-5,9-10H2,1-3H3. The number of aromatic nitrogens is 2. The van der Waals surface area contributed by atoms with E-state index in [1.807, 2.05) is 11.7 Å². The van der Waals surface area contributed by atoms with Gasteiger partial charge < -0.3 is 10.1 Å². The number of nitrogens with one attached hydrogen (secondary N) is 1. The average molecular weight is 285 g/mol. The first kappa shape index (κ1) is 14.1. The number of ether oxygens (including phenoxy) is 1. The van der Waals surface area contributed by atoms with E-state index < -0.39 is 0 Å². The van der Waals surface area contributed by atoms with Gasteiger partial charge in [-0.15, -0.1) is 0 Å². The third-order valence-electron chi connectivity index (χ3n) is 4.09. The van der Waals surface area contributed by atoms with Gasteiger partial charge in [0.1, 0.15) is 5.75 Å². The molecule has 0 amide bonds. The lowest BCUT2D eigenvalue weighted by atomic mass is 9.99. The van der Waals surface area contributed by atoms with E-state index in [-0.39, 0.29) is 6.04 Å². The molecule has 1 atom stereocenters. The highest BCUT2D eigenvalue weighted by Gasteiger charge is 2.25. The highest BCUT2D eigenvalue weighted by molar-refractivity contribution is 5.48. The monoisotopic (exact) mass is 285 g/mol. The quantitative estimate of drug-likeness (QED) is 0.918. The Balaban J connectivity index is 2.06. The van der Waals surface area contributed by atoms with Crippen LogP contribution in [0.1, 0.15) is 42.4 Å². The Hall–Kier alpha value is -1.81. The maximum atomic E-state index is 5.88. The summed E-state index contributed by atoms with van der Waals surface area (Å²) < 4.78 is 7.87. The highest BCUT2D eigenvalue weighted by atomic mass is 16.5. The largest absolute Gasteiger partial charge is 0.493 e. The van der Waals surface area contributed by atoms with Gasteiger partial charge in [0.25, 0.3) is 0 Å². The van der Waals surface area contributed by atoms with Crippen molar-refractivity contribution in [3.63, 3.8) is 0 Å². The minimum atomic E-state index is 0.126. The lowest BCUT2D eigenvalue weighted by molar-refractivity contribution is 0.350. The van der Waals surface area contributed by atoms with Gasteiger partial charge in [0.2, 0.25) is 0 Å². The van der Waals surface area contributed by atoms with Gasteiger partial charge in [-0.05, 0) is 24.6 Å². The van der Waals surface area contributed by atoms with Crippen molar-refractivity contribution in [2.75, 3.05) is 13.2 Å². The molecule has 1 aliphatic heterocycles. The summed E-state index contributed by atoms with van der Waals surface area (Å²) in [7, 11) is 2.02. The first-order chi connectivity index (χ1) is 10.2. The zero-order valence-electron chi connectivity index (χ0n) is 13.0. The second-order valence-electron chi connectivity index (χ2n) is 5.46. The van der Waals surface area contributed by atoms with Crippen molar-refractivity contribution >= 4 is 0 Å². The Morgan fingerprint density at radius 1 is 1.38 bits per heavy atom. The summed E-state index contributed by atoms with van der Waals surface area (Å²) >= 11 is 0. The molecule has 0 bridgehead atoms. The van der Waals surface area contributed by atoms with Crippen LogP contribution in [0.25, 0.3) is 0 Å². The van der Waals surface area contributed by atoms with E-state index in [9.17, 15) is 0 Å². The number of para-hydroxylation sites is 1. The molecular formula is C17H23N3O. The maximum absolute atomic E-state index is 5.88. The lowest BCUT2D eigenvalue weighted by Gasteiger charge is -2.21. The van der Waals surface area contributed by atoms with E-state index in [1.165, 1.54) is 16.8 Å². The van der Waals surface area contributed by atoms with Crippen molar-refractivity contribution in [2.45, 2.75) is 32.7 Å². The minimum absolute atomic E-state index is 0.126. The van der Waals surface area contributed by atoms with Gasteiger partial charge >= 0.3 is 0 Å². The van der Waals surface area contributed by atoms with E-state index in [0.29, 0.717) is 0 Å². The fraction of sp³-hybridized carbons (Fsp3) is 0.471. The summed E-state index contributed by atoms with van der Waals surface area (Å²) in [5.41, 5.74) is 4.85. The molecule has 1 unspecified atom stereocenters. The number of nitrogens with zero attached hydrogens (tertiary/aromatic N) is 2. The summed E-state index contributed by atoms with van der Waals surface area (Å²) in [6.45, 7) is 5.96. The molecular weight excluding hydrogens is 262 g/mol. The maximum Gasteiger partial charge on any atom is 0.127 e. The summed E-state index contributed by atoms with van der Waals surface area (Å²) in [6.07, 6.45) is 1.96. The van der Waals surface area contributed by atoms with Gasteiger partial charge in [-0.1, -0.05) is 32.0 Å². The van der Waals surface area contributed by atoms with E-state index in [0.717, 1.165) is 37.4 Å². The van der Waals surface area contributed by atoms with Crippen LogP contribution < -0.4 is 10.1 Å². The number of rotatable bonds is 5. The predicted molar refractivity (Wildman–Crippen MR) is 83.7 cm³/mol. The Labute approximate surface area is 126 Å². The molecule has 1 aliphatic rings.